The van der Waals surface area contributed by atoms with Gasteiger partial charge in [0.1, 0.15) is 6.10 Å². The predicted octanol–water partition coefficient (Wildman–Crippen LogP) is 7.09. The van der Waals surface area contributed by atoms with E-state index in [-0.39, 0.29) is 11.7 Å². The van der Waals surface area contributed by atoms with Gasteiger partial charge in [-0.2, -0.15) is 0 Å². The monoisotopic (exact) mass is 424 g/mol. The lowest BCUT2D eigenvalue weighted by atomic mass is 9.47. The van der Waals surface area contributed by atoms with Gasteiger partial charge in [-0.05, 0) is 117 Å². The standard InChI is InChI=1S/C29H44O2/c1-7-18-16-25(31-27(18,3)4)17(2)20-10-11-21-19-8-9-23-26-24(30-26)13-15-29(23,6)22(19)12-14-28(20,21)5/h9,18-22,24-26H,2,7-8,10-16H2,1,3-6H3/t18-,19+,20-,21+,22+,24+,25+,26-,28-,29-/m1/s1. The van der Waals surface area contributed by atoms with E-state index in [9.17, 15) is 0 Å². The third-order valence-corrected chi connectivity index (χ3v) is 11.6. The number of hydrogen-bond acceptors (Lipinski definition) is 2. The van der Waals surface area contributed by atoms with E-state index in [0.717, 1.165) is 17.8 Å². The minimum atomic E-state index is 0.00179. The average molecular weight is 425 g/mol. The molecule has 2 saturated heterocycles. The maximum Gasteiger partial charge on any atom is 0.106 e. The fourth-order valence-electron chi connectivity index (χ4n) is 9.74. The van der Waals surface area contributed by atoms with E-state index in [1.54, 1.807) is 5.57 Å². The van der Waals surface area contributed by atoms with Crippen molar-refractivity contribution >= 4 is 0 Å². The van der Waals surface area contributed by atoms with Crippen molar-refractivity contribution in [3.8, 4) is 0 Å². The third-order valence-electron chi connectivity index (χ3n) is 11.6. The molecule has 6 rings (SSSR count). The van der Waals surface area contributed by atoms with Gasteiger partial charge < -0.3 is 9.47 Å². The Kier molecular flexibility index (Phi) is 4.55. The number of allylic oxidation sites excluding steroid dienone is 1. The molecule has 0 spiro atoms. The molecule has 2 heteroatoms. The van der Waals surface area contributed by atoms with Crippen molar-refractivity contribution < 1.29 is 9.47 Å². The Hall–Kier alpha value is -0.600. The van der Waals surface area contributed by atoms with Gasteiger partial charge in [-0.1, -0.05) is 39.8 Å². The highest BCUT2D eigenvalue weighted by Gasteiger charge is 2.63. The molecule has 10 atom stereocenters. The first-order chi connectivity index (χ1) is 14.7. The van der Waals surface area contributed by atoms with Crippen LogP contribution in [0.2, 0.25) is 0 Å². The maximum absolute atomic E-state index is 6.64. The molecule has 31 heavy (non-hydrogen) atoms. The van der Waals surface area contributed by atoms with Crippen molar-refractivity contribution in [2.75, 3.05) is 0 Å². The van der Waals surface area contributed by atoms with Crippen LogP contribution in [0, 0.1) is 40.4 Å². The Labute approximate surface area is 190 Å². The number of hydrogen-bond donors (Lipinski definition) is 0. The summed E-state index contributed by atoms with van der Waals surface area (Å²) in [5, 5.41) is 0. The van der Waals surface area contributed by atoms with Gasteiger partial charge in [0.15, 0.2) is 0 Å². The average Bonchev–Trinajstić information content (AvgIpc) is 3.33. The summed E-state index contributed by atoms with van der Waals surface area (Å²) in [5.74, 6) is 3.91. The lowest BCUT2D eigenvalue weighted by Crippen LogP contribution is -2.50. The molecular formula is C29H44O2. The molecule has 0 amide bonds. The van der Waals surface area contributed by atoms with Gasteiger partial charge in [-0.3, -0.25) is 0 Å². The van der Waals surface area contributed by atoms with Crippen LogP contribution in [-0.2, 0) is 9.47 Å². The van der Waals surface area contributed by atoms with Crippen LogP contribution in [0.4, 0.5) is 0 Å². The summed E-state index contributed by atoms with van der Waals surface area (Å²) < 4.78 is 12.7. The zero-order chi connectivity index (χ0) is 21.8. The molecule has 0 unspecified atom stereocenters. The highest BCUT2D eigenvalue weighted by molar-refractivity contribution is 5.33. The molecule has 0 aromatic heterocycles. The third kappa shape index (κ3) is 2.82. The smallest absolute Gasteiger partial charge is 0.106 e. The summed E-state index contributed by atoms with van der Waals surface area (Å²) in [4.78, 5) is 0. The SMILES string of the molecule is C=C([C@@H]1C[C@@H](CC)C(C)(C)O1)[C@H]1CC[C@H]2[C@@H]3CC=C4[C@H]5O[C@H]5CC[C@]4(C)[C@H]3CC[C@]12C. The van der Waals surface area contributed by atoms with Crippen LogP contribution < -0.4 is 0 Å². The zero-order valence-electron chi connectivity index (χ0n) is 20.6. The maximum atomic E-state index is 6.64. The second-order valence-electron chi connectivity index (χ2n) is 13.1. The fourth-order valence-corrected chi connectivity index (χ4v) is 9.74. The molecule has 2 nitrogen and oxygen atoms in total. The lowest BCUT2D eigenvalue weighted by Gasteiger charge is -2.57. The minimum absolute atomic E-state index is 0.00179. The molecule has 2 heterocycles. The van der Waals surface area contributed by atoms with Gasteiger partial charge >= 0.3 is 0 Å². The Balaban J connectivity index is 1.24. The van der Waals surface area contributed by atoms with E-state index in [0.29, 0.717) is 34.9 Å². The van der Waals surface area contributed by atoms with Gasteiger partial charge in [0.25, 0.3) is 0 Å². The molecule has 0 aromatic rings. The number of fused-ring (bicyclic) bond motifs is 7. The normalized spacial score (nSPS) is 54.3. The molecule has 2 aliphatic heterocycles. The van der Waals surface area contributed by atoms with Crippen LogP contribution in [0.5, 0.6) is 0 Å². The van der Waals surface area contributed by atoms with Gasteiger partial charge in [-0.25, -0.2) is 0 Å². The van der Waals surface area contributed by atoms with Gasteiger partial charge in [0.2, 0.25) is 0 Å². The van der Waals surface area contributed by atoms with Crippen molar-refractivity contribution in [3.05, 3.63) is 23.8 Å². The second kappa shape index (κ2) is 6.72. The molecule has 0 aromatic carbocycles. The highest BCUT2D eigenvalue weighted by atomic mass is 16.6. The van der Waals surface area contributed by atoms with Crippen molar-refractivity contribution in [1.82, 2.24) is 0 Å². The summed E-state index contributed by atoms with van der Waals surface area (Å²) in [7, 11) is 0. The van der Waals surface area contributed by atoms with Crippen LogP contribution in [0.1, 0.15) is 92.4 Å². The molecule has 5 fully saturated rings. The summed E-state index contributed by atoms with van der Waals surface area (Å²) >= 11 is 0. The van der Waals surface area contributed by atoms with Gasteiger partial charge in [-0.15, -0.1) is 0 Å². The molecule has 4 aliphatic carbocycles. The Bertz CT molecular complexity index is 810. The van der Waals surface area contributed by atoms with E-state index in [1.165, 1.54) is 63.4 Å². The van der Waals surface area contributed by atoms with Crippen LogP contribution in [0.25, 0.3) is 0 Å². The van der Waals surface area contributed by atoms with E-state index in [4.69, 9.17) is 16.1 Å². The largest absolute Gasteiger partial charge is 0.368 e. The van der Waals surface area contributed by atoms with Crippen molar-refractivity contribution in [1.29, 1.82) is 0 Å². The zero-order valence-corrected chi connectivity index (χ0v) is 20.6. The van der Waals surface area contributed by atoms with Crippen LogP contribution in [0.15, 0.2) is 23.8 Å². The minimum Gasteiger partial charge on any atom is -0.368 e. The number of rotatable bonds is 3. The molecule has 0 radical (unpaired) electrons. The predicted molar refractivity (Wildman–Crippen MR) is 126 cm³/mol. The van der Waals surface area contributed by atoms with Crippen molar-refractivity contribution in [3.63, 3.8) is 0 Å². The molecule has 0 bridgehead atoms. The topological polar surface area (TPSA) is 21.8 Å². The first-order valence-electron chi connectivity index (χ1n) is 13.4. The molecular weight excluding hydrogens is 380 g/mol. The first-order valence-corrected chi connectivity index (χ1v) is 13.4. The first kappa shape index (κ1) is 21.0. The number of epoxide rings is 1. The van der Waals surface area contributed by atoms with Crippen LogP contribution >= 0.6 is 0 Å². The van der Waals surface area contributed by atoms with E-state index in [1.807, 2.05) is 0 Å². The highest BCUT2D eigenvalue weighted by Crippen LogP contribution is 2.68. The van der Waals surface area contributed by atoms with Gasteiger partial charge in [0.05, 0.1) is 17.8 Å². The number of ether oxygens (including phenoxy) is 2. The summed E-state index contributed by atoms with van der Waals surface area (Å²) in [5.41, 5.74) is 3.97. The van der Waals surface area contributed by atoms with E-state index in [2.05, 4.69) is 40.7 Å². The Morgan fingerprint density at radius 3 is 2.61 bits per heavy atom. The molecule has 3 saturated carbocycles. The van der Waals surface area contributed by atoms with Crippen molar-refractivity contribution in [2.45, 2.75) is 116 Å². The van der Waals surface area contributed by atoms with Gasteiger partial charge in [0, 0.05) is 0 Å². The fraction of sp³-hybridized carbons (Fsp3) is 0.862. The molecule has 0 N–H and O–H groups in total. The van der Waals surface area contributed by atoms with Crippen LogP contribution in [0.3, 0.4) is 0 Å². The van der Waals surface area contributed by atoms with E-state index < -0.39 is 0 Å². The van der Waals surface area contributed by atoms with Crippen molar-refractivity contribution in [2.24, 2.45) is 40.4 Å². The molecule has 6 aliphatic rings. The molecule has 172 valence electrons. The summed E-state index contributed by atoms with van der Waals surface area (Å²) in [6.45, 7) is 16.9. The Morgan fingerprint density at radius 1 is 1.06 bits per heavy atom. The summed E-state index contributed by atoms with van der Waals surface area (Å²) in [6, 6.07) is 0. The Morgan fingerprint density at radius 2 is 1.87 bits per heavy atom. The second-order valence-corrected chi connectivity index (χ2v) is 13.1. The quantitative estimate of drug-likeness (QED) is 0.356. The van der Waals surface area contributed by atoms with Crippen LogP contribution in [-0.4, -0.2) is 23.9 Å². The van der Waals surface area contributed by atoms with E-state index >= 15 is 0 Å². The lowest BCUT2D eigenvalue weighted by molar-refractivity contribution is -0.0467. The summed E-state index contributed by atoms with van der Waals surface area (Å²) in [6.07, 6.45) is 15.8.